The Kier molecular flexibility index (Phi) is 8.41. The minimum absolute atomic E-state index is 0.200. The van der Waals surface area contributed by atoms with Gasteiger partial charge in [-0.1, -0.05) is 25.4 Å². The minimum Gasteiger partial charge on any atom is -0.444 e. The zero-order chi connectivity index (χ0) is 27.5. The van der Waals surface area contributed by atoms with Gasteiger partial charge in [-0.15, -0.1) is 13.2 Å². The minimum atomic E-state index is -4.85. The lowest BCUT2D eigenvalue weighted by Gasteiger charge is -2.35. The third kappa shape index (κ3) is 6.94. The van der Waals surface area contributed by atoms with E-state index in [1.54, 1.807) is 22.6 Å². The van der Waals surface area contributed by atoms with Crippen molar-refractivity contribution in [3.05, 3.63) is 35.2 Å². The number of ether oxygens (including phenoxy) is 2. The molecule has 13 heteroatoms. The third-order valence-corrected chi connectivity index (χ3v) is 5.46. The number of hydrogen-bond acceptors (Lipinski definition) is 7. The number of fused-ring (bicyclic) bond motifs is 1. The Morgan fingerprint density at radius 2 is 1.70 bits per heavy atom. The molecule has 3 heterocycles. The number of imidazole rings is 1. The lowest BCUT2D eigenvalue weighted by Crippen LogP contribution is -2.50. The molecule has 37 heavy (non-hydrogen) atoms. The number of alkyl halides is 3. The van der Waals surface area contributed by atoms with Crippen molar-refractivity contribution in [2.75, 3.05) is 31.1 Å². The molecule has 3 aromatic rings. The summed E-state index contributed by atoms with van der Waals surface area (Å²) in [5.41, 5.74) is 0.899. The number of benzene rings is 1. The third-order valence-electron chi connectivity index (χ3n) is 5.17. The van der Waals surface area contributed by atoms with Crippen molar-refractivity contribution in [2.45, 2.75) is 53.5 Å². The molecule has 0 N–H and O–H groups in total. The number of aryl methyl sites for hydroxylation is 1. The summed E-state index contributed by atoms with van der Waals surface area (Å²) in [6, 6.07) is 3.95. The summed E-state index contributed by atoms with van der Waals surface area (Å²) < 4.78 is 48.8. The van der Waals surface area contributed by atoms with Crippen LogP contribution in [0.5, 0.6) is 5.75 Å². The highest BCUT2D eigenvalue weighted by Gasteiger charge is 2.32. The predicted molar refractivity (Wildman–Crippen MR) is 134 cm³/mol. The number of carbonyl (C=O) groups excluding carboxylic acids is 1. The van der Waals surface area contributed by atoms with E-state index in [1.807, 2.05) is 39.5 Å². The van der Waals surface area contributed by atoms with Crippen LogP contribution < -0.4 is 9.64 Å². The van der Waals surface area contributed by atoms with Crippen LogP contribution in [0.4, 0.5) is 23.9 Å². The molecular weight excluding hydrogens is 513 g/mol. The van der Waals surface area contributed by atoms with Gasteiger partial charge in [0.2, 0.25) is 5.95 Å². The van der Waals surface area contributed by atoms with E-state index in [0.29, 0.717) is 54.8 Å². The molecule has 0 spiro atoms. The van der Waals surface area contributed by atoms with Gasteiger partial charge >= 0.3 is 12.5 Å². The normalized spacial score (nSPS) is 14.3. The Labute approximate surface area is 218 Å². The average Bonchev–Trinajstić information content (AvgIpc) is 3.15. The number of anilines is 1. The highest BCUT2D eigenvalue weighted by Crippen LogP contribution is 2.33. The molecule has 1 saturated heterocycles. The van der Waals surface area contributed by atoms with Crippen LogP contribution in [-0.2, 0) is 4.74 Å². The van der Waals surface area contributed by atoms with E-state index in [9.17, 15) is 18.0 Å². The number of carbonyl (C=O) groups is 1. The molecule has 1 amide bonds. The van der Waals surface area contributed by atoms with Crippen LogP contribution in [0.1, 0.15) is 40.4 Å². The van der Waals surface area contributed by atoms with E-state index < -0.39 is 17.7 Å². The molecule has 1 fully saturated rings. The smallest absolute Gasteiger partial charge is 0.444 e. The molecule has 0 unspecified atom stereocenters. The number of hydrogen-bond donors (Lipinski definition) is 0. The van der Waals surface area contributed by atoms with Crippen molar-refractivity contribution in [1.29, 1.82) is 0 Å². The van der Waals surface area contributed by atoms with E-state index >= 15 is 0 Å². The van der Waals surface area contributed by atoms with E-state index in [-0.39, 0.29) is 11.1 Å². The molecule has 9 nitrogen and oxygen atoms in total. The fourth-order valence-electron chi connectivity index (χ4n) is 3.69. The van der Waals surface area contributed by atoms with Gasteiger partial charge in [0, 0.05) is 26.2 Å². The lowest BCUT2D eigenvalue weighted by molar-refractivity contribution is -0.274. The van der Waals surface area contributed by atoms with Gasteiger partial charge in [-0.25, -0.2) is 14.8 Å². The Morgan fingerprint density at radius 1 is 1.05 bits per heavy atom. The van der Waals surface area contributed by atoms with Gasteiger partial charge in [-0.3, -0.25) is 4.57 Å². The van der Waals surface area contributed by atoms with E-state index in [1.165, 1.54) is 12.1 Å². The fraction of sp³-hybridized carbons (Fsp3) is 0.500. The first-order chi connectivity index (χ1) is 17.3. The maximum atomic E-state index is 12.6. The Balaban J connectivity index is 0.00000186. The van der Waals surface area contributed by atoms with Gasteiger partial charge in [0.1, 0.15) is 22.7 Å². The van der Waals surface area contributed by atoms with Crippen LogP contribution in [0, 0.1) is 6.92 Å². The SMILES string of the molecule is CC.Cc1nc2cnc(N3CCN(C(=O)OC(C)(C)C)CC3)nc2n1-c1ccc(OC(F)(F)F)c(Cl)c1. The van der Waals surface area contributed by atoms with Gasteiger partial charge in [0.05, 0.1) is 16.9 Å². The molecule has 4 rings (SSSR count). The van der Waals surface area contributed by atoms with Crippen LogP contribution in [0.3, 0.4) is 0 Å². The average molecular weight is 543 g/mol. The standard InChI is InChI=1S/C22H24ClF3N6O3.C2H6/c1-13-28-16-12-27-19(30-7-9-31(10-8-30)20(33)35-21(2,3)4)29-18(16)32(13)14-5-6-17(15(23)11-14)34-22(24,25)26;1-2/h5-6,11-12H,7-10H2,1-4H3;1-2H3. The molecule has 0 atom stereocenters. The summed E-state index contributed by atoms with van der Waals surface area (Å²) >= 11 is 6.05. The topological polar surface area (TPSA) is 85.6 Å². The number of aromatic nitrogens is 4. The van der Waals surface area contributed by atoms with Gasteiger partial charge < -0.3 is 19.3 Å². The van der Waals surface area contributed by atoms with E-state index in [4.69, 9.17) is 16.3 Å². The van der Waals surface area contributed by atoms with Gasteiger partial charge in [0.15, 0.2) is 5.65 Å². The van der Waals surface area contributed by atoms with Crippen molar-refractivity contribution in [3.63, 3.8) is 0 Å². The molecule has 0 bridgehead atoms. The van der Waals surface area contributed by atoms with Crippen LogP contribution >= 0.6 is 11.6 Å². The summed E-state index contributed by atoms with van der Waals surface area (Å²) in [6.45, 7) is 13.1. The zero-order valence-corrected chi connectivity index (χ0v) is 22.3. The second-order valence-corrected chi connectivity index (χ2v) is 9.40. The summed E-state index contributed by atoms with van der Waals surface area (Å²) in [7, 11) is 0. The first kappa shape index (κ1) is 28.3. The van der Waals surface area contributed by atoms with Crippen molar-refractivity contribution in [3.8, 4) is 11.4 Å². The molecule has 2 aromatic heterocycles. The van der Waals surface area contributed by atoms with Crippen LogP contribution in [-0.4, -0.2) is 68.7 Å². The first-order valence-electron chi connectivity index (χ1n) is 11.8. The second kappa shape index (κ2) is 11.0. The van der Waals surface area contributed by atoms with Crippen LogP contribution in [0.15, 0.2) is 24.4 Å². The summed E-state index contributed by atoms with van der Waals surface area (Å²) in [5.74, 6) is 0.510. The number of piperazine rings is 1. The number of rotatable bonds is 3. The molecular formula is C24H30ClF3N6O3. The largest absolute Gasteiger partial charge is 0.573 e. The predicted octanol–water partition coefficient (Wildman–Crippen LogP) is 5.76. The maximum absolute atomic E-state index is 12.6. The fourth-order valence-corrected chi connectivity index (χ4v) is 3.91. The Bertz CT molecular complexity index is 1250. The van der Waals surface area contributed by atoms with Crippen LogP contribution in [0.25, 0.3) is 16.9 Å². The molecule has 202 valence electrons. The monoisotopic (exact) mass is 542 g/mol. The van der Waals surface area contributed by atoms with Crippen molar-refractivity contribution < 1.29 is 27.4 Å². The second-order valence-electron chi connectivity index (χ2n) is 8.99. The van der Waals surface area contributed by atoms with E-state index in [0.717, 1.165) is 6.07 Å². The zero-order valence-electron chi connectivity index (χ0n) is 21.6. The highest BCUT2D eigenvalue weighted by molar-refractivity contribution is 6.32. The molecule has 0 radical (unpaired) electrons. The van der Waals surface area contributed by atoms with Crippen molar-refractivity contribution in [1.82, 2.24) is 24.4 Å². The first-order valence-corrected chi connectivity index (χ1v) is 12.2. The van der Waals surface area contributed by atoms with Crippen molar-refractivity contribution >= 4 is 34.8 Å². The van der Waals surface area contributed by atoms with Crippen LogP contribution in [0.2, 0.25) is 5.02 Å². The molecule has 1 aliphatic rings. The van der Waals surface area contributed by atoms with Gasteiger partial charge in [-0.2, -0.15) is 4.98 Å². The Morgan fingerprint density at radius 3 is 2.27 bits per heavy atom. The quantitative estimate of drug-likeness (QED) is 0.416. The number of amides is 1. The lowest BCUT2D eigenvalue weighted by atomic mass is 10.2. The number of halogens is 4. The Hall–Kier alpha value is -3.28. The van der Waals surface area contributed by atoms with Crippen molar-refractivity contribution in [2.24, 2.45) is 0 Å². The maximum Gasteiger partial charge on any atom is 0.573 e. The molecule has 0 aliphatic carbocycles. The van der Waals surface area contributed by atoms with Gasteiger partial charge in [0.25, 0.3) is 0 Å². The van der Waals surface area contributed by atoms with Gasteiger partial charge in [-0.05, 0) is 45.9 Å². The molecule has 1 aromatic carbocycles. The van der Waals surface area contributed by atoms with E-state index in [2.05, 4.69) is 19.7 Å². The highest BCUT2D eigenvalue weighted by atomic mass is 35.5. The summed E-state index contributed by atoms with van der Waals surface area (Å²) in [5, 5.41) is -0.200. The number of nitrogens with zero attached hydrogens (tertiary/aromatic N) is 6. The summed E-state index contributed by atoms with van der Waals surface area (Å²) in [6.07, 6.45) is -3.63. The molecule has 0 saturated carbocycles. The summed E-state index contributed by atoms with van der Waals surface area (Å²) in [4.78, 5) is 29.4. The molecule has 1 aliphatic heterocycles.